The van der Waals surface area contributed by atoms with E-state index < -0.39 is 0 Å². The van der Waals surface area contributed by atoms with E-state index in [-0.39, 0.29) is 24.0 Å². The summed E-state index contributed by atoms with van der Waals surface area (Å²) in [6.45, 7) is 4.18. The van der Waals surface area contributed by atoms with Crippen LogP contribution in [0.4, 0.5) is 0 Å². The largest absolute Gasteiger partial charge is 0.393 e. The molecule has 2 rings (SSSR count). The Kier molecular flexibility index (Phi) is 3.82. The van der Waals surface area contributed by atoms with Crippen LogP contribution in [-0.2, 0) is 9.53 Å². The number of amides is 1. The lowest BCUT2D eigenvalue weighted by atomic mass is 9.96. The van der Waals surface area contributed by atoms with Crippen molar-refractivity contribution in [1.29, 1.82) is 0 Å². The van der Waals surface area contributed by atoms with Gasteiger partial charge in [0.25, 0.3) is 0 Å². The highest BCUT2D eigenvalue weighted by Crippen LogP contribution is 2.26. The lowest BCUT2D eigenvalue weighted by Crippen LogP contribution is -2.44. The van der Waals surface area contributed by atoms with Crippen LogP contribution in [0.25, 0.3) is 0 Å². The molecule has 92 valence electrons. The number of ether oxygens (including phenoxy) is 1. The number of likely N-dealkylation sites (tertiary alicyclic amines) is 1. The molecule has 2 aliphatic rings. The minimum atomic E-state index is -0.217. The van der Waals surface area contributed by atoms with Gasteiger partial charge in [-0.05, 0) is 25.7 Å². The Balaban J connectivity index is 1.91. The predicted octanol–water partition coefficient (Wildman–Crippen LogP) is 0.785. The van der Waals surface area contributed by atoms with Gasteiger partial charge in [0.15, 0.2) is 0 Å². The molecule has 2 saturated heterocycles. The van der Waals surface area contributed by atoms with Crippen molar-refractivity contribution in [2.45, 2.75) is 44.8 Å². The quantitative estimate of drug-likeness (QED) is 0.758. The third-order valence-electron chi connectivity index (χ3n) is 3.71. The SMILES string of the molecule is CCC1OCCC1C(=O)N1CCC(O)CC1. The van der Waals surface area contributed by atoms with E-state index in [1.807, 2.05) is 4.90 Å². The van der Waals surface area contributed by atoms with Crippen molar-refractivity contribution in [2.24, 2.45) is 5.92 Å². The standard InChI is InChI=1S/C12H21NO3/c1-2-11-10(5-8-16-11)12(15)13-6-3-9(14)4-7-13/h9-11,14H,2-8H2,1H3. The molecule has 1 N–H and O–H groups in total. The first-order chi connectivity index (χ1) is 7.72. The van der Waals surface area contributed by atoms with Crippen molar-refractivity contribution in [1.82, 2.24) is 4.90 Å². The molecule has 4 nitrogen and oxygen atoms in total. The van der Waals surface area contributed by atoms with Gasteiger partial charge in [-0.15, -0.1) is 0 Å². The molecule has 2 aliphatic heterocycles. The Morgan fingerprint density at radius 2 is 2.06 bits per heavy atom. The molecule has 0 aromatic heterocycles. The van der Waals surface area contributed by atoms with Gasteiger partial charge < -0.3 is 14.7 Å². The normalized spacial score (nSPS) is 32.0. The van der Waals surface area contributed by atoms with Crippen molar-refractivity contribution >= 4 is 5.91 Å². The van der Waals surface area contributed by atoms with Gasteiger partial charge in [0, 0.05) is 19.7 Å². The average Bonchev–Trinajstić information content (AvgIpc) is 2.77. The van der Waals surface area contributed by atoms with E-state index in [2.05, 4.69) is 6.92 Å². The first-order valence-corrected chi connectivity index (χ1v) is 6.30. The molecule has 0 aromatic carbocycles. The van der Waals surface area contributed by atoms with Crippen molar-refractivity contribution in [3.8, 4) is 0 Å². The number of aliphatic hydroxyl groups excluding tert-OH is 1. The summed E-state index contributed by atoms with van der Waals surface area (Å²) >= 11 is 0. The summed E-state index contributed by atoms with van der Waals surface area (Å²) in [5.74, 6) is 0.288. The monoisotopic (exact) mass is 227 g/mol. The van der Waals surface area contributed by atoms with Gasteiger partial charge >= 0.3 is 0 Å². The zero-order valence-electron chi connectivity index (χ0n) is 9.89. The third kappa shape index (κ3) is 2.38. The fraction of sp³-hybridized carbons (Fsp3) is 0.917. The lowest BCUT2D eigenvalue weighted by Gasteiger charge is -2.32. The van der Waals surface area contributed by atoms with Crippen molar-refractivity contribution in [2.75, 3.05) is 19.7 Å². The minimum Gasteiger partial charge on any atom is -0.393 e. The zero-order valence-corrected chi connectivity index (χ0v) is 9.89. The van der Waals surface area contributed by atoms with Crippen LogP contribution in [0.5, 0.6) is 0 Å². The van der Waals surface area contributed by atoms with E-state index in [1.165, 1.54) is 0 Å². The maximum absolute atomic E-state index is 12.2. The minimum absolute atomic E-state index is 0.0558. The van der Waals surface area contributed by atoms with Crippen molar-refractivity contribution in [3.05, 3.63) is 0 Å². The topological polar surface area (TPSA) is 49.8 Å². The summed E-state index contributed by atoms with van der Waals surface area (Å²) < 4.78 is 5.55. The molecular weight excluding hydrogens is 206 g/mol. The highest BCUT2D eigenvalue weighted by atomic mass is 16.5. The predicted molar refractivity (Wildman–Crippen MR) is 60.0 cm³/mol. The smallest absolute Gasteiger partial charge is 0.228 e. The summed E-state index contributed by atoms with van der Waals surface area (Å²) in [5, 5.41) is 9.41. The zero-order chi connectivity index (χ0) is 11.5. The summed E-state index contributed by atoms with van der Waals surface area (Å²) in [6.07, 6.45) is 3.10. The lowest BCUT2D eigenvalue weighted by molar-refractivity contribution is -0.139. The van der Waals surface area contributed by atoms with Gasteiger partial charge in [0.1, 0.15) is 0 Å². The molecule has 4 heteroatoms. The molecular formula is C12H21NO3. The molecule has 2 unspecified atom stereocenters. The molecule has 1 amide bonds. The molecule has 0 bridgehead atoms. The van der Waals surface area contributed by atoms with E-state index in [9.17, 15) is 9.90 Å². The first kappa shape index (κ1) is 11.9. The molecule has 16 heavy (non-hydrogen) atoms. The third-order valence-corrected chi connectivity index (χ3v) is 3.71. The maximum atomic E-state index is 12.2. The van der Waals surface area contributed by atoms with Gasteiger partial charge in [-0.1, -0.05) is 6.92 Å². The average molecular weight is 227 g/mol. The number of hydrogen-bond acceptors (Lipinski definition) is 3. The van der Waals surface area contributed by atoms with E-state index in [0.29, 0.717) is 19.7 Å². The second kappa shape index (κ2) is 5.15. The van der Waals surface area contributed by atoms with E-state index >= 15 is 0 Å². The highest BCUT2D eigenvalue weighted by Gasteiger charge is 2.36. The highest BCUT2D eigenvalue weighted by molar-refractivity contribution is 5.79. The second-order valence-electron chi connectivity index (χ2n) is 4.77. The molecule has 2 fully saturated rings. The molecule has 0 radical (unpaired) electrons. The van der Waals surface area contributed by atoms with Crippen LogP contribution in [0.3, 0.4) is 0 Å². The van der Waals surface area contributed by atoms with Crippen molar-refractivity contribution < 1.29 is 14.6 Å². The number of aliphatic hydroxyl groups is 1. The Hall–Kier alpha value is -0.610. The molecule has 0 aliphatic carbocycles. The number of hydrogen-bond donors (Lipinski definition) is 1. The molecule has 0 saturated carbocycles. The van der Waals surface area contributed by atoms with E-state index in [4.69, 9.17) is 4.74 Å². The van der Waals surface area contributed by atoms with Crippen LogP contribution in [0.2, 0.25) is 0 Å². The summed E-state index contributed by atoms with van der Waals surface area (Å²) in [7, 11) is 0. The number of piperidine rings is 1. The van der Waals surface area contributed by atoms with Gasteiger partial charge in [0.2, 0.25) is 5.91 Å². The van der Waals surface area contributed by atoms with Crippen LogP contribution in [-0.4, -0.2) is 47.8 Å². The number of carbonyl (C=O) groups excluding carboxylic acids is 1. The summed E-state index contributed by atoms with van der Waals surface area (Å²) in [5.41, 5.74) is 0. The Morgan fingerprint density at radius 3 is 2.69 bits per heavy atom. The van der Waals surface area contributed by atoms with Crippen LogP contribution in [0.15, 0.2) is 0 Å². The fourth-order valence-electron chi connectivity index (χ4n) is 2.65. The first-order valence-electron chi connectivity index (χ1n) is 6.30. The van der Waals surface area contributed by atoms with Gasteiger partial charge in [-0.2, -0.15) is 0 Å². The Morgan fingerprint density at radius 1 is 1.38 bits per heavy atom. The van der Waals surface area contributed by atoms with Gasteiger partial charge in [-0.3, -0.25) is 4.79 Å². The van der Waals surface area contributed by atoms with Crippen LogP contribution >= 0.6 is 0 Å². The van der Waals surface area contributed by atoms with Crippen LogP contribution < -0.4 is 0 Å². The van der Waals surface area contributed by atoms with Gasteiger partial charge in [0.05, 0.1) is 18.1 Å². The van der Waals surface area contributed by atoms with Crippen molar-refractivity contribution in [3.63, 3.8) is 0 Å². The Bertz CT molecular complexity index is 249. The van der Waals surface area contributed by atoms with Crippen LogP contribution in [0.1, 0.15) is 32.6 Å². The Labute approximate surface area is 96.6 Å². The second-order valence-corrected chi connectivity index (χ2v) is 4.77. The molecule has 2 atom stereocenters. The van der Waals surface area contributed by atoms with Gasteiger partial charge in [-0.25, -0.2) is 0 Å². The van der Waals surface area contributed by atoms with E-state index in [1.54, 1.807) is 0 Å². The summed E-state index contributed by atoms with van der Waals surface area (Å²) in [6, 6.07) is 0. The van der Waals surface area contributed by atoms with E-state index in [0.717, 1.165) is 25.7 Å². The maximum Gasteiger partial charge on any atom is 0.228 e. The number of rotatable bonds is 2. The van der Waals surface area contributed by atoms with Crippen LogP contribution in [0, 0.1) is 5.92 Å². The fourth-order valence-corrected chi connectivity index (χ4v) is 2.65. The molecule has 0 spiro atoms. The number of carbonyl (C=O) groups is 1. The molecule has 0 aromatic rings. The molecule has 2 heterocycles. The summed E-state index contributed by atoms with van der Waals surface area (Å²) in [4.78, 5) is 14.1. The number of nitrogens with zero attached hydrogens (tertiary/aromatic N) is 1.